The number of hydrogen-bond donors (Lipinski definition) is 1. The molecule has 156 valence electrons. The zero-order valence-electron chi connectivity index (χ0n) is 16.4. The second-order valence-corrected chi connectivity index (χ2v) is 8.23. The fourth-order valence-corrected chi connectivity index (χ4v) is 3.81. The Morgan fingerprint density at radius 2 is 1.78 bits per heavy atom. The summed E-state index contributed by atoms with van der Waals surface area (Å²) in [6, 6.07) is 20.0. The van der Waals surface area contributed by atoms with Crippen molar-refractivity contribution >= 4 is 44.8 Å². The first-order valence-electron chi connectivity index (χ1n) is 9.58. The predicted molar refractivity (Wildman–Crippen MR) is 127 cm³/mol. The van der Waals surface area contributed by atoms with Crippen molar-refractivity contribution in [3.63, 3.8) is 0 Å². The van der Waals surface area contributed by atoms with Gasteiger partial charge in [-0.1, -0.05) is 39.7 Å². The molecule has 0 saturated carbocycles. The van der Waals surface area contributed by atoms with Gasteiger partial charge in [0.2, 0.25) is 0 Å². The first-order valence-corrected chi connectivity index (χ1v) is 10.8. The van der Waals surface area contributed by atoms with Gasteiger partial charge in [-0.2, -0.15) is 9.61 Å². The van der Waals surface area contributed by atoms with E-state index in [4.69, 9.17) is 16.7 Å². The van der Waals surface area contributed by atoms with E-state index in [-0.39, 0.29) is 5.91 Å². The van der Waals surface area contributed by atoms with E-state index in [0.717, 1.165) is 15.6 Å². The van der Waals surface area contributed by atoms with Crippen molar-refractivity contribution in [1.29, 1.82) is 0 Å². The van der Waals surface area contributed by atoms with E-state index >= 15 is 0 Å². The molecule has 3 heterocycles. The molecule has 5 rings (SSSR count). The summed E-state index contributed by atoms with van der Waals surface area (Å²) in [5.74, 6) is 0.327. The molecular formula is C23H14BrClN6O. The fraction of sp³-hybridized carbons (Fsp3) is 0. The molecule has 0 fully saturated rings. The molecule has 0 radical (unpaired) electrons. The van der Waals surface area contributed by atoms with Crippen LogP contribution in [0.3, 0.4) is 0 Å². The number of carbonyl (C=O) groups excluding carboxylic acids is 1. The van der Waals surface area contributed by atoms with Gasteiger partial charge < -0.3 is 5.32 Å². The Morgan fingerprint density at radius 1 is 0.938 bits per heavy atom. The Bertz CT molecular complexity index is 1450. The molecule has 9 heteroatoms. The lowest BCUT2D eigenvalue weighted by Gasteiger charge is -2.09. The monoisotopic (exact) mass is 504 g/mol. The number of fused-ring (bicyclic) bond motifs is 1. The van der Waals surface area contributed by atoms with Gasteiger partial charge in [0.25, 0.3) is 5.91 Å². The van der Waals surface area contributed by atoms with E-state index < -0.39 is 0 Å². The highest BCUT2D eigenvalue weighted by Crippen LogP contribution is 2.25. The topological polar surface area (TPSA) is 85.1 Å². The first-order chi connectivity index (χ1) is 15.6. The van der Waals surface area contributed by atoms with Gasteiger partial charge in [0, 0.05) is 33.7 Å². The van der Waals surface area contributed by atoms with Gasteiger partial charge in [-0.3, -0.25) is 9.78 Å². The summed E-state index contributed by atoms with van der Waals surface area (Å²) in [7, 11) is 0. The number of aromatic nitrogens is 5. The van der Waals surface area contributed by atoms with Crippen LogP contribution in [0.5, 0.6) is 0 Å². The van der Waals surface area contributed by atoms with Crippen molar-refractivity contribution < 1.29 is 4.79 Å². The number of benzene rings is 2. The minimum Gasteiger partial charge on any atom is -0.322 e. The van der Waals surface area contributed by atoms with E-state index in [1.54, 1.807) is 35.1 Å². The highest BCUT2D eigenvalue weighted by Gasteiger charge is 2.13. The van der Waals surface area contributed by atoms with E-state index in [0.29, 0.717) is 33.4 Å². The van der Waals surface area contributed by atoms with Crippen molar-refractivity contribution in [2.75, 3.05) is 5.32 Å². The molecule has 5 aromatic rings. The third-order valence-corrected chi connectivity index (χ3v) is 5.61. The van der Waals surface area contributed by atoms with Crippen LogP contribution in [0.2, 0.25) is 5.02 Å². The zero-order valence-corrected chi connectivity index (χ0v) is 18.7. The fourth-order valence-electron chi connectivity index (χ4n) is 3.25. The highest BCUT2D eigenvalue weighted by atomic mass is 79.9. The summed E-state index contributed by atoms with van der Waals surface area (Å²) in [4.78, 5) is 16.8. The van der Waals surface area contributed by atoms with Gasteiger partial charge in [-0.25, -0.2) is 0 Å². The molecule has 0 spiro atoms. The van der Waals surface area contributed by atoms with Crippen LogP contribution in [0.15, 0.2) is 83.6 Å². The van der Waals surface area contributed by atoms with Crippen molar-refractivity contribution in [3.05, 3.63) is 94.2 Å². The normalized spacial score (nSPS) is 10.9. The Hall–Kier alpha value is -3.62. The summed E-state index contributed by atoms with van der Waals surface area (Å²) >= 11 is 9.55. The third kappa shape index (κ3) is 3.98. The van der Waals surface area contributed by atoms with E-state index in [1.807, 2.05) is 48.5 Å². The molecule has 0 aliphatic heterocycles. The molecule has 32 heavy (non-hydrogen) atoms. The Labute approximate surface area is 196 Å². The molecular weight excluding hydrogens is 492 g/mol. The second-order valence-electron chi connectivity index (χ2n) is 6.91. The average Bonchev–Trinajstić information content (AvgIpc) is 3.24. The van der Waals surface area contributed by atoms with Gasteiger partial charge in [-0.05, 0) is 54.6 Å². The summed E-state index contributed by atoms with van der Waals surface area (Å²) in [6.07, 6.45) is 3.40. The summed E-state index contributed by atoms with van der Waals surface area (Å²) in [5, 5.41) is 16.4. The predicted octanol–water partition coefficient (Wildman–Crippen LogP) is 5.52. The van der Waals surface area contributed by atoms with Gasteiger partial charge in [0.15, 0.2) is 11.5 Å². The number of anilines is 1. The maximum absolute atomic E-state index is 12.7. The third-order valence-electron chi connectivity index (χ3n) is 4.79. The molecule has 0 unspecified atom stereocenters. The molecule has 7 nitrogen and oxygen atoms in total. The van der Waals surface area contributed by atoms with Gasteiger partial charge >= 0.3 is 0 Å². The Morgan fingerprint density at radius 3 is 2.62 bits per heavy atom. The zero-order chi connectivity index (χ0) is 22.1. The number of pyridine rings is 1. The lowest BCUT2D eigenvalue weighted by molar-refractivity contribution is 0.102. The largest absolute Gasteiger partial charge is 0.322 e. The number of nitrogens with one attached hydrogen (secondary N) is 1. The van der Waals surface area contributed by atoms with Crippen molar-refractivity contribution in [1.82, 2.24) is 24.8 Å². The molecule has 0 aliphatic rings. The van der Waals surface area contributed by atoms with Crippen LogP contribution in [-0.4, -0.2) is 30.7 Å². The van der Waals surface area contributed by atoms with Gasteiger partial charge in [0.05, 0.1) is 16.3 Å². The van der Waals surface area contributed by atoms with Crippen LogP contribution in [-0.2, 0) is 0 Å². The summed E-state index contributed by atoms with van der Waals surface area (Å²) in [5.41, 5.74) is 4.06. The number of amides is 1. The quantitative estimate of drug-likeness (QED) is 0.347. The number of nitrogens with zero attached hydrogens (tertiary/aromatic N) is 5. The standard InChI is InChI=1S/C23H14BrClN6O/c24-16-4-5-19(25)18(13-16)23(32)27-17-3-1-2-15(12-17)20-6-7-21-28-29-22(31(21)30-20)14-8-10-26-11-9-14/h1-13H,(H,27,32). The molecule has 0 atom stereocenters. The molecule has 2 aromatic carbocycles. The van der Waals surface area contributed by atoms with Crippen LogP contribution in [0.25, 0.3) is 28.3 Å². The highest BCUT2D eigenvalue weighted by molar-refractivity contribution is 9.10. The number of hydrogen-bond acceptors (Lipinski definition) is 5. The molecule has 3 aromatic heterocycles. The van der Waals surface area contributed by atoms with Gasteiger partial charge in [-0.15, -0.1) is 10.2 Å². The molecule has 0 saturated heterocycles. The molecule has 1 N–H and O–H groups in total. The van der Waals surface area contributed by atoms with Crippen LogP contribution >= 0.6 is 27.5 Å². The number of carbonyl (C=O) groups is 1. The van der Waals surface area contributed by atoms with Crippen molar-refractivity contribution in [2.45, 2.75) is 0 Å². The van der Waals surface area contributed by atoms with Crippen LogP contribution in [0, 0.1) is 0 Å². The van der Waals surface area contributed by atoms with E-state index in [9.17, 15) is 4.79 Å². The Balaban J connectivity index is 1.48. The maximum atomic E-state index is 12.7. The molecule has 0 aliphatic carbocycles. The number of rotatable bonds is 4. The first kappa shape index (κ1) is 20.3. The average molecular weight is 506 g/mol. The van der Waals surface area contributed by atoms with Crippen LogP contribution in [0.1, 0.15) is 10.4 Å². The lowest BCUT2D eigenvalue weighted by atomic mass is 10.1. The SMILES string of the molecule is O=C(Nc1cccc(-c2ccc3nnc(-c4ccncc4)n3n2)c1)c1cc(Br)ccc1Cl. The van der Waals surface area contributed by atoms with E-state index in [2.05, 4.69) is 36.4 Å². The van der Waals surface area contributed by atoms with Crippen molar-refractivity contribution in [2.24, 2.45) is 0 Å². The summed E-state index contributed by atoms with van der Waals surface area (Å²) < 4.78 is 2.47. The van der Waals surface area contributed by atoms with Crippen LogP contribution < -0.4 is 5.32 Å². The lowest BCUT2D eigenvalue weighted by Crippen LogP contribution is -2.12. The minimum absolute atomic E-state index is 0.296. The van der Waals surface area contributed by atoms with Crippen molar-refractivity contribution in [3.8, 4) is 22.6 Å². The minimum atomic E-state index is -0.296. The maximum Gasteiger partial charge on any atom is 0.257 e. The second kappa shape index (κ2) is 8.49. The molecule has 1 amide bonds. The number of halogens is 2. The van der Waals surface area contributed by atoms with E-state index in [1.165, 1.54) is 0 Å². The Kier molecular flexibility index (Phi) is 5.38. The van der Waals surface area contributed by atoms with Crippen LogP contribution in [0.4, 0.5) is 5.69 Å². The summed E-state index contributed by atoms with van der Waals surface area (Å²) in [6.45, 7) is 0. The smallest absolute Gasteiger partial charge is 0.257 e. The van der Waals surface area contributed by atoms with Gasteiger partial charge in [0.1, 0.15) is 0 Å². The molecule has 0 bridgehead atoms.